The largest absolute Gasteiger partial charge is 0.506 e. The van der Waals surface area contributed by atoms with Gasteiger partial charge < -0.3 is 15.1 Å². The summed E-state index contributed by atoms with van der Waals surface area (Å²) in [7, 11) is 0. The Kier molecular flexibility index (Phi) is 24.0. The number of phenolic OH excluding ortho intramolecular Hbond substituents is 1. The average molecular weight is 1540 g/mol. The zero-order valence-corrected chi connectivity index (χ0v) is 69.6. The summed E-state index contributed by atoms with van der Waals surface area (Å²) in [5.41, 5.74) is 33.1. The zero-order valence-electron chi connectivity index (χ0n) is 68.7. The minimum Gasteiger partial charge on any atom is -0.506 e. The number of nitrogens with one attached hydrogen (secondary N) is 2. The molecule has 2 aliphatic heterocycles. The van der Waals surface area contributed by atoms with Crippen LogP contribution in [0.1, 0.15) is 253 Å². The SMILES string of the molecule is CCCCCCCCC1(CCCCCCCC)c2cc(-c3ccc(-c4ccc5c(c4)C(CCCCCCCC)(CCCCCCCC)c4cc(-c6ccc(O)c7ncccc67)ccc4-5)s3)ccc2-c2ccc(-c3c4nc(c(-c5ccccc5)c5ccc([nH]5)c(-c5ccccc5)c5nc(c(-c6ccccc6)c6ccc3[nH]6)C=C5)C=C4)cc21. The molecule has 7 heteroatoms. The van der Waals surface area contributed by atoms with Crippen LogP contribution >= 0.6 is 11.3 Å². The molecule has 5 aromatic heterocycles. The second-order valence-corrected chi connectivity index (χ2v) is 34.7. The van der Waals surface area contributed by atoms with E-state index in [4.69, 9.17) is 9.97 Å². The second-order valence-electron chi connectivity index (χ2n) is 33.6. The topological polar surface area (TPSA) is 90.5 Å². The van der Waals surface area contributed by atoms with Crippen molar-refractivity contribution >= 4 is 68.6 Å². The standard InChI is InChI=1S/C109H113N5OS/c1-5-9-13-17-21-34-66-108(67-35-22-18-14-10-6-2)88-71-78(82-54-63-100(115)107-87(82)45-38-70-110-107)46-50-83(88)84-51-47-79(72-89(84)108)101-64-65-102(116-101)80-48-52-85-86-53-49-81(74-91(86)109(90(85)73-80,68-36-23-19-15-11-7-3)69-37-24-20-16-12-8-4)106-98-61-59-96(113-98)104(76-41-30-26-31-42-76)94-57-55-92(111-94)103(75-39-28-25-29-40-75)93-56-58-95(112-93)105(77-43-32-27-33-44-77)97-60-62-99(106)114-97/h25-33,38-65,70-74,111,114-115H,5-24,34-37,66-69H2,1-4H3. The zero-order chi connectivity index (χ0) is 78.8. The van der Waals surface area contributed by atoms with Gasteiger partial charge in [-0.2, -0.15) is 0 Å². The van der Waals surface area contributed by atoms with Crippen molar-refractivity contribution in [1.82, 2.24) is 24.9 Å². The van der Waals surface area contributed by atoms with Gasteiger partial charge in [0.25, 0.3) is 0 Å². The molecule has 0 amide bonds. The Morgan fingerprint density at radius 2 is 0.612 bits per heavy atom. The molecule has 8 aromatic carbocycles. The lowest BCUT2D eigenvalue weighted by molar-refractivity contribution is 0.398. The fourth-order valence-electron chi connectivity index (χ4n) is 20.1. The molecule has 2 aliphatic carbocycles. The Hall–Kier alpha value is -10.7. The molecule has 3 N–H and O–H groups in total. The number of rotatable bonds is 35. The van der Waals surface area contributed by atoms with Crippen molar-refractivity contribution in [2.45, 2.75) is 218 Å². The van der Waals surface area contributed by atoms with E-state index >= 15 is 0 Å². The number of benzene rings is 8. The number of hydrogen-bond donors (Lipinski definition) is 3. The van der Waals surface area contributed by atoms with Gasteiger partial charge in [0.1, 0.15) is 11.3 Å². The number of aromatic nitrogens is 5. The van der Waals surface area contributed by atoms with E-state index in [2.05, 4.69) is 279 Å². The van der Waals surface area contributed by atoms with Gasteiger partial charge in [-0.15, -0.1) is 11.3 Å². The van der Waals surface area contributed by atoms with Gasteiger partial charge in [0, 0.05) is 76.5 Å². The highest BCUT2D eigenvalue weighted by atomic mass is 32.1. The number of H-pyrrole nitrogens is 2. The lowest BCUT2D eigenvalue weighted by atomic mass is 9.70. The molecule has 8 bridgehead atoms. The lowest BCUT2D eigenvalue weighted by Gasteiger charge is -2.33. The van der Waals surface area contributed by atoms with Gasteiger partial charge in [-0.1, -0.05) is 327 Å². The van der Waals surface area contributed by atoms with Crippen molar-refractivity contribution in [2.24, 2.45) is 0 Å². The predicted molar refractivity (Wildman–Crippen MR) is 496 cm³/mol. The van der Waals surface area contributed by atoms with E-state index in [9.17, 15) is 5.11 Å². The molecule has 0 unspecified atom stereocenters. The van der Waals surface area contributed by atoms with Crippen molar-refractivity contribution in [3.8, 4) is 105 Å². The quantitative estimate of drug-likeness (QED) is 0.0345. The molecule has 13 aromatic rings. The normalized spacial score (nSPS) is 13.4. The number of aromatic hydroxyl groups is 1. The Morgan fingerprint density at radius 3 is 0.991 bits per heavy atom. The van der Waals surface area contributed by atoms with Crippen LogP contribution in [0.5, 0.6) is 5.75 Å². The highest BCUT2D eigenvalue weighted by Crippen LogP contribution is 2.59. The fraction of sp³-hybridized carbons (Fsp3) is 0.312. The monoisotopic (exact) mass is 1540 g/mol. The van der Waals surface area contributed by atoms with Crippen molar-refractivity contribution in [1.29, 1.82) is 0 Å². The number of thiophene rings is 1. The van der Waals surface area contributed by atoms with Crippen LogP contribution < -0.4 is 0 Å². The van der Waals surface area contributed by atoms with Crippen molar-refractivity contribution < 1.29 is 5.11 Å². The molecule has 116 heavy (non-hydrogen) atoms. The summed E-state index contributed by atoms with van der Waals surface area (Å²) in [6, 6.07) is 84.4. The molecule has 0 fully saturated rings. The molecule has 7 heterocycles. The van der Waals surface area contributed by atoms with Gasteiger partial charge in [0.05, 0.1) is 22.8 Å². The van der Waals surface area contributed by atoms with Crippen LogP contribution in [0.2, 0.25) is 0 Å². The summed E-state index contributed by atoms with van der Waals surface area (Å²) in [6.45, 7) is 9.34. The molecule has 0 atom stereocenters. The van der Waals surface area contributed by atoms with Crippen LogP contribution in [0, 0.1) is 0 Å². The molecule has 17 rings (SSSR count). The maximum atomic E-state index is 11.1. The van der Waals surface area contributed by atoms with Gasteiger partial charge in [0.15, 0.2) is 0 Å². The summed E-state index contributed by atoms with van der Waals surface area (Å²) in [6.07, 6.45) is 45.4. The van der Waals surface area contributed by atoms with E-state index in [0.29, 0.717) is 5.52 Å². The van der Waals surface area contributed by atoms with E-state index in [-0.39, 0.29) is 16.6 Å². The minimum absolute atomic E-state index is 0.139. The summed E-state index contributed by atoms with van der Waals surface area (Å²) in [5, 5.41) is 12.1. The molecule has 0 saturated heterocycles. The van der Waals surface area contributed by atoms with E-state index in [1.807, 2.05) is 23.5 Å². The highest BCUT2D eigenvalue weighted by molar-refractivity contribution is 7.18. The molecule has 0 spiro atoms. The van der Waals surface area contributed by atoms with Crippen LogP contribution in [-0.4, -0.2) is 30.0 Å². The van der Waals surface area contributed by atoms with Gasteiger partial charge in [-0.3, -0.25) is 4.98 Å². The number of fused-ring (bicyclic) bond motifs is 15. The van der Waals surface area contributed by atoms with Gasteiger partial charge >= 0.3 is 0 Å². The third-order valence-corrected chi connectivity index (χ3v) is 27.2. The molecule has 4 aliphatic rings. The van der Waals surface area contributed by atoms with E-state index in [1.165, 1.54) is 231 Å². The summed E-state index contributed by atoms with van der Waals surface area (Å²) < 4.78 is 0. The van der Waals surface area contributed by atoms with Crippen LogP contribution in [0.15, 0.2) is 231 Å². The van der Waals surface area contributed by atoms with Crippen LogP contribution in [0.3, 0.4) is 0 Å². The number of unbranched alkanes of at least 4 members (excludes halogenated alkanes) is 20. The molecule has 0 radical (unpaired) electrons. The number of phenols is 1. The lowest BCUT2D eigenvalue weighted by Crippen LogP contribution is -2.25. The van der Waals surface area contributed by atoms with Crippen LogP contribution in [-0.2, 0) is 10.8 Å². The van der Waals surface area contributed by atoms with Crippen LogP contribution in [0.4, 0.5) is 0 Å². The van der Waals surface area contributed by atoms with Crippen molar-refractivity contribution in [2.75, 3.05) is 0 Å². The molecule has 586 valence electrons. The van der Waals surface area contributed by atoms with E-state index in [1.54, 1.807) is 6.20 Å². The van der Waals surface area contributed by atoms with Gasteiger partial charge in [-0.05, 0) is 218 Å². The van der Waals surface area contributed by atoms with Crippen molar-refractivity contribution in [3.63, 3.8) is 0 Å². The summed E-state index contributed by atoms with van der Waals surface area (Å²) >= 11 is 1.97. The Bertz CT molecular complexity index is 5820. The number of pyridine rings is 1. The maximum absolute atomic E-state index is 11.1. The minimum atomic E-state index is -0.224. The Morgan fingerprint density at radius 1 is 0.293 bits per heavy atom. The smallest absolute Gasteiger partial charge is 0.141 e. The highest BCUT2D eigenvalue weighted by Gasteiger charge is 2.45. The third-order valence-electron chi connectivity index (χ3n) is 26.0. The van der Waals surface area contributed by atoms with E-state index < -0.39 is 0 Å². The maximum Gasteiger partial charge on any atom is 0.141 e. The van der Waals surface area contributed by atoms with Crippen LogP contribution in [0.25, 0.3) is 156 Å². The first kappa shape index (κ1) is 77.8. The van der Waals surface area contributed by atoms with Gasteiger partial charge in [0.2, 0.25) is 0 Å². The summed E-state index contributed by atoms with van der Waals surface area (Å²) in [4.78, 5) is 26.9. The number of aromatic amines is 2. The first-order valence-electron chi connectivity index (χ1n) is 44.4. The second kappa shape index (κ2) is 35.8. The molecular formula is C109H113N5OS. The third kappa shape index (κ3) is 15.7. The molecule has 6 nitrogen and oxygen atoms in total. The Labute approximate surface area is 692 Å². The van der Waals surface area contributed by atoms with E-state index in [0.717, 1.165) is 120 Å². The van der Waals surface area contributed by atoms with Crippen molar-refractivity contribution in [3.05, 3.63) is 276 Å². The molecule has 0 saturated carbocycles. The Balaban J connectivity index is 0.805. The van der Waals surface area contributed by atoms with Gasteiger partial charge in [-0.25, -0.2) is 9.97 Å². The first-order valence-corrected chi connectivity index (χ1v) is 45.2. The fourth-order valence-corrected chi connectivity index (χ4v) is 21.1. The average Bonchev–Trinajstić information content (AvgIpc) is 1.56. The number of hydrogen-bond acceptors (Lipinski definition) is 5. The number of nitrogens with zero attached hydrogens (tertiary/aromatic N) is 3. The predicted octanol–water partition coefficient (Wildman–Crippen LogP) is 32.2. The molecular weight excluding hydrogens is 1430 g/mol. The summed E-state index contributed by atoms with van der Waals surface area (Å²) in [5.74, 6) is 0.225. The first-order chi connectivity index (χ1) is 57.3.